The summed E-state index contributed by atoms with van der Waals surface area (Å²) in [5, 5.41) is 0. The normalized spacial score (nSPS) is 10.8. The molecule has 0 fully saturated rings. The summed E-state index contributed by atoms with van der Waals surface area (Å²) in [4.78, 5) is 11.2. The Labute approximate surface area is 125 Å². The highest BCUT2D eigenvalue weighted by atomic mass is 35.5. The van der Waals surface area contributed by atoms with Gasteiger partial charge in [-0.05, 0) is 26.3 Å². The molecular weight excluding hydrogens is 270 g/mol. The molecule has 0 atom stereocenters. The Hall–Kier alpha value is -1.61. The zero-order chi connectivity index (χ0) is 14.5. The van der Waals surface area contributed by atoms with Crippen molar-refractivity contribution in [1.82, 2.24) is 9.97 Å². The second-order valence-corrected chi connectivity index (χ2v) is 5.39. The van der Waals surface area contributed by atoms with E-state index in [2.05, 4.69) is 53.0 Å². The van der Waals surface area contributed by atoms with E-state index in [0.29, 0.717) is 11.9 Å². The van der Waals surface area contributed by atoms with Gasteiger partial charge in [0.15, 0.2) is 0 Å². The molecule has 0 N–H and O–H groups in total. The lowest BCUT2D eigenvalue weighted by molar-refractivity contribution is 0.658. The van der Waals surface area contributed by atoms with Gasteiger partial charge in [0, 0.05) is 30.0 Å². The number of anilines is 1. The van der Waals surface area contributed by atoms with Crippen LogP contribution in [0.3, 0.4) is 0 Å². The minimum atomic E-state index is 0.330. The summed E-state index contributed by atoms with van der Waals surface area (Å²) >= 11 is 5.86. The van der Waals surface area contributed by atoms with Gasteiger partial charge in [0.25, 0.3) is 0 Å². The summed E-state index contributed by atoms with van der Waals surface area (Å²) < 4.78 is 0. The summed E-state index contributed by atoms with van der Waals surface area (Å²) in [5.74, 6) is 1.21. The van der Waals surface area contributed by atoms with Gasteiger partial charge < -0.3 is 4.90 Å². The fraction of sp³-hybridized carbons (Fsp3) is 0.375. The Morgan fingerprint density at radius 3 is 2.45 bits per heavy atom. The maximum absolute atomic E-state index is 5.86. The third-order valence-electron chi connectivity index (χ3n) is 3.29. The lowest BCUT2D eigenvalue weighted by atomic mass is 10.2. The average molecular weight is 290 g/mol. The highest BCUT2D eigenvalue weighted by Gasteiger charge is 2.15. The Kier molecular flexibility index (Phi) is 4.96. The van der Waals surface area contributed by atoms with Gasteiger partial charge in [0.05, 0.1) is 5.88 Å². The predicted molar refractivity (Wildman–Crippen MR) is 84.1 cm³/mol. The Bertz CT molecular complexity index is 555. The molecule has 106 valence electrons. The summed E-state index contributed by atoms with van der Waals surface area (Å²) in [6.07, 6.45) is 1.82. The van der Waals surface area contributed by atoms with Gasteiger partial charge in [-0.1, -0.05) is 30.3 Å². The summed E-state index contributed by atoms with van der Waals surface area (Å²) in [5.41, 5.74) is 3.19. The van der Waals surface area contributed by atoms with Crippen LogP contribution in [0, 0.1) is 6.92 Å². The van der Waals surface area contributed by atoms with Crippen molar-refractivity contribution in [1.29, 1.82) is 0 Å². The Morgan fingerprint density at radius 1 is 1.20 bits per heavy atom. The SMILES string of the molecule is Cc1nc(N(Cc2ccccc2)C(C)C)ncc1CCl. The number of aromatic nitrogens is 2. The van der Waals surface area contributed by atoms with Gasteiger partial charge in [-0.2, -0.15) is 0 Å². The monoisotopic (exact) mass is 289 g/mol. The van der Waals surface area contributed by atoms with Crippen LogP contribution in [0.4, 0.5) is 5.95 Å². The number of rotatable bonds is 5. The van der Waals surface area contributed by atoms with Gasteiger partial charge >= 0.3 is 0 Å². The standard InChI is InChI=1S/C16H20ClN3/c1-12(2)20(11-14-7-5-4-6-8-14)16-18-10-15(9-17)13(3)19-16/h4-8,10,12H,9,11H2,1-3H3. The van der Waals surface area contributed by atoms with Crippen molar-refractivity contribution >= 4 is 17.5 Å². The van der Waals surface area contributed by atoms with Crippen LogP contribution in [0.1, 0.15) is 30.7 Å². The van der Waals surface area contributed by atoms with E-state index in [0.717, 1.165) is 23.8 Å². The van der Waals surface area contributed by atoms with Crippen LogP contribution in [0.2, 0.25) is 0 Å². The first kappa shape index (κ1) is 14.8. The van der Waals surface area contributed by atoms with Crippen LogP contribution < -0.4 is 4.90 Å². The molecule has 0 amide bonds. The molecule has 0 spiro atoms. The van der Waals surface area contributed by atoms with Crippen LogP contribution >= 0.6 is 11.6 Å². The van der Waals surface area contributed by atoms with Gasteiger partial charge in [-0.3, -0.25) is 0 Å². The lowest BCUT2D eigenvalue weighted by Crippen LogP contribution is -2.32. The summed E-state index contributed by atoms with van der Waals surface area (Å²) in [6.45, 7) is 7.08. The van der Waals surface area contributed by atoms with Crippen LogP contribution in [0.5, 0.6) is 0 Å². The van der Waals surface area contributed by atoms with Crippen molar-refractivity contribution in [2.75, 3.05) is 4.90 Å². The van der Waals surface area contributed by atoms with Crippen molar-refractivity contribution < 1.29 is 0 Å². The fourth-order valence-corrected chi connectivity index (χ4v) is 2.28. The number of aryl methyl sites for hydroxylation is 1. The first-order chi connectivity index (χ1) is 9.61. The van der Waals surface area contributed by atoms with Crippen molar-refractivity contribution in [3.05, 3.63) is 53.3 Å². The average Bonchev–Trinajstić information content (AvgIpc) is 2.45. The first-order valence-corrected chi connectivity index (χ1v) is 7.34. The summed E-state index contributed by atoms with van der Waals surface area (Å²) in [6, 6.07) is 10.7. The minimum Gasteiger partial charge on any atom is -0.334 e. The number of nitrogens with zero attached hydrogens (tertiary/aromatic N) is 3. The van der Waals surface area contributed by atoms with Crippen LogP contribution in [-0.2, 0) is 12.4 Å². The van der Waals surface area contributed by atoms with E-state index in [9.17, 15) is 0 Å². The van der Waals surface area contributed by atoms with Crippen LogP contribution in [0.25, 0.3) is 0 Å². The largest absolute Gasteiger partial charge is 0.334 e. The van der Waals surface area contributed by atoms with Crippen molar-refractivity contribution in [3.8, 4) is 0 Å². The topological polar surface area (TPSA) is 29.0 Å². The molecule has 3 nitrogen and oxygen atoms in total. The van der Waals surface area contributed by atoms with E-state index >= 15 is 0 Å². The zero-order valence-corrected chi connectivity index (χ0v) is 12.9. The third kappa shape index (κ3) is 3.48. The van der Waals surface area contributed by atoms with Crippen molar-refractivity contribution in [2.45, 2.75) is 39.2 Å². The smallest absolute Gasteiger partial charge is 0.226 e. The molecule has 2 rings (SSSR count). The number of alkyl halides is 1. The second-order valence-electron chi connectivity index (χ2n) is 5.12. The molecular formula is C16H20ClN3. The molecule has 0 saturated heterocycles. The van der Waals surface area contributed by atoms with E-state index in [1.54, 1.807) is 0 Å². The molecule has 4 heteroatoms. The van der Waals surface area contributed by atoms with E-state index < -0.39 is 0 Å². The minimum absolute atomic E-state index is 0.330. The highest BCUT2D eigenvalue weighted by molar-refractivity contribution is 6.17. The van der Waals surface area contributed by atoms with Crippen molar-refractivity contribution in [2.24, 2.45) is 0 Å². The highest BCUT2D eigenvalue weighted by Crippen LogP contribution is 2.18. The molecule has 0 saturated carbocycles. The molecule has 1 heterocycles. The van der Waals surface area contributed by atoms with Gasteiger partial charge in [-0.15, -0.1) is 11.6 Å². The van der Waals surface area contributed by atoms with E-state index in [-0.39, 0.29) is 0 Å². The van der Waals surface area contributed by atoms with E-state index in [1.807, 2.05) is 19.2 Å². The zero-order valence-electron chi connectivity index (χ0n) is 12.2. The molecule has 0 aliphatic carbocycles. The van der Waals surface area contributed by atoms with E-state index in [1.165, 1.54) is 5.56 Å². The molecule has 0 aliphatic heterocycles. The summed E-state index contributed by atoms with van der Waals surface area (Å²) in [7, 11) is 0. The molecule has 1 aromatic carbocycles. The number of hydrogen-bond acceptors (Lipinski definition) is 3. The second kappa shape index (κ2) is 6.71. The maximum atomic E-state index is 5.86. The van der Waals surface area contributed by atoms with Gasteiger partial charge in [0.2, 0.25) is 5.95 Å². The molecule has 2 aromatic rings. The molecule has 1 aromatic heterocycles. The molecule has 0 radical (unpaired) electrons. The Balaban J connectivity index is 2.27. The predicted octanol–water partition coefficient (Wildman–Crippen LogP) is 3.94. The number of halogens is 1. The number of hydrogen-bond donors (Lipinski definition) is 0. The molecule has 20 heavy (non-hydrogen) atoms. The first-order valence-electron chi connectivity index (χ1n) is 6.81. The number of benzene rings is 1. The fourth-order valence-electron chi connectivity index (χ4n) is 2.01. The maximum Gasteiger partial charge on any atom is 0.226 e. The van der Waals surface area contributed by atoms with Crippen molar-refractivity contribution in [3.63, 3.8) is 0 Å². The molecule has 0 aliphatic rings. The quantitative estimate of drug-likeness (QED) is 0.781. The van der Waals surface area contributed by atoms with Gasteiger partial charge in [0.1, 0.15) is 0 Å². The van der Waals surface area contributed by atoms with Crippen LogP contribution in [-0.4, -0.2) is 16.0 Å². The molecule has 0 bridgehead atoms. The van der Waals surface area contributed by atoms with Crippen LogP contribution in [0.15, 0.2) is 36.5 Å². The third-order valence-corrected chi connectivity index (χ3v) is 3.58. The lowest BCUT2D eigenvalue weighted by Gasteiger charge is -2.27. The Morgan fingerprint density at radius 2 is 1.90 bits per heavy atom. The van der Waals surface area contributed by atoms with Gasteiger partial charge in [-0.25, -0.2) is 9.97 Å². The van der Waals surface area contributed by atoms with E-state index in [4.69, 9.17) is 11.6 Å². The molecule has 0 unspecified atom stereocenters.